The van der Waals surface area contributed by atoms with Crippen LogP contribution in [0.25, 0.3) is 0 Å². The summed E-state index contributed by atoms with van der Waals surface area (Å²) < 4.78 is 27.1. The number of anilines is 1. The number of hydrogen-bond acceptors (Lipinski definition) is 4. The van der Waals surface area contributed by atoms with E-state index in [4.69, 9.17) is 11.6 Å². The zero-order chi connectivity index (χ0) is 14.8. The third-order valence-electron chi connectivity index (χ3n) is 3.21. The molecule has 1 fully saturated rings. The van der Waals surface area contributed by atoms with Gasteiger partial charge in [0, 0.05) is 18.8 Å². The van der Waals surface area contributed by atoms with E-state index in [0.29, 0.717) is 23.3 Å². The fraction of sp³-hybridized carbons (Fsp3) is 0.615. The molecule has 5 nitrogen and oxygen atoms in total. The molecular weight excluding hydrogens is 298 g/mol. The second-order valence-electron chi connectivity index (χ2n) is 5.23. The standard InChI is InChI=1S/C13H20ClN3O2S/c1-3-15-13-12(14)7-11(8-16-13)20(18,19)17-9(2)6-10-4-5-10/h7-10,17H,3-6H2,1-2H3,(H,15,16). The molecule has 1 atom stereocenters. The Hall–Kier alpha value is -0.850. The Morgan fingerprint density at radius 3 is 2.75 bits per heavy atom. The lowest BCUT2D eigenvalue weighted by molar-refractivity contribution is 0.529. The van der Waals surface area contributed by atoms with Crippen molar-refractivity contribution in [2.75, 3.05) is 11.9 Å². The number of aromatic nitrogens is 1. The molecule has 0 aromatic carbocycles. The van der Waals surface area contributed by atoms with Gasteiger partial charge < -0.3 is 5.32 Å². The van der Waals surface area contributed by atoms with E-state index in [9.17, 15) is 8.42 Å². The molecule has 112 valence electrons. The molecule has 1 aromatic rings. The predicted molar refractivity (Wildman–Crippen MR) is 80.5 cm³/mol. The van der Waals surface area contributed by atoms with E-state index >= 15 is 0 Å². The van der Waals surface area contributed by atoms with Gasteiger partial charge in [-0.25, -0.2) is 18.1 Å². The van der Waals surface area contributed by atoms with Crippen LogP contribution in [0.15, 0.2) is 17.2 Å². The largest absolute Gasteiger partial charge is 0.369 e. The molecule has 0 spiro atoms. The van der Waals surface area contributed by atoms with E-state index in [-0.39, 0.29) is 10.9 Å². The average molecular weight is 318 g/mol. The molecule has 1 aromatic heterocycles. The van der Waals surface area contributed by atoms with Crippen LogP contribution in [0.1, 0.15) is 33.1 Å². The molecule has 0 saturated heterocycles. The third-order valence-corrected chi connectivity index (χ3v) is 5.06. The lowest BCUT2D eigenvalue weighted by atomic mass is 10.2. The molecule has 0 radical (unpaired) electrons. The number of sulfonamides is 1. The van der Waals surface area contributed by atoms with Gasteiger partial charge >= 0.3 is 0 Å². The van der Waals surface area contributed by atoms with Crippen molar-refractivity contribution >= 4 is 27.4 Å². The molecule has 1 aliphatic carbocycles. The summed E-state index contributed by atoms with van der Waals surface area (Å²) in [7, 11) is -3.56. The summed E-state index contributed by atoms with van der Waals surface area (Å²) in [6, 6.07) is 1.36. The summed E-state index contributed by atoms with van der Waals surface area (Å²) in [5, 5.41) is 3.28. The molecule has 0 bridgehead atoms. The van der Waals surface area contributed by atoms with Crippen molar-refractivity contribution in [2.45, 2.75) is 44.0 Å². The average Bonchev–Trinajstić information content (AvgIpc) is 3.14. The quantitative estimate of drug-likeness (QED) is 0.811. The molecule has 7 heteroatoms. The first-order chi connectivity index (χ1) is 9.42. The normalized spacial score (nSPS) is 16.9. The minimum Gasteiger partial charge on any atom is -0.369 e. The van der Waals surface area contributed by atoms with Crippen molar-refractivity contribution in [1.29, 1.82) is 0 Å². The van der Waals surface area contributed by atoms with Crippen LogP contribution in [-0.4, -0.2) is 26.0 Å². The second-order valence-corrected chi connectivity index (χ2v) is 7.35. The molecule has 1 heterocycles. The Labute approximate surface area is 125 Å². The zero-order valence-electron chi connectivity index (χ0n) is 11.7. The molecule has 0 aliphatic heterocycles. The minimum absolute atomic E-state index is 0.0697. The molecule has 1 unspecified atom stereocenters. The van der Waals surface area contributed by atoms with Gasteiger partial charge in [0.25, 0.3) is 0 Å². The molecule has 2 N–H and O–H groups in total. The van der Waals surface area contributed by atoms with Crippen molar-refractivity contribution in [3.05, 3.63) is 17.3 Å². The highest BCUT2D eigenvalue weighted by Gasteiger charge is 2.26. The highest BCUT2D eigenvalue weighted by molar-refractivity contribution is 7.89. The van der Waals surface area contributed by atoms with Gasteiger partial charge in [0.05, 0.1) is 5.02 Å². The van der Waals surface area contributed by atoms with Crippen LogP contribution >= 0.6 is 11.6 Å². The Balaban J connectivity index is 2.09. The first kappa shape index (κ1) is 15.5. The van der Waals surface area contributed by atoms with Crippen molar-refractivity contribution in [3.63, 3.8) is 0 Å². The molecular formula is C13H20ClN3O2S. The van der Waals surface area contributed by atoms with Crippen LogP contribution < -0.4 is 10.0 Å². The van der Waals surface area contributed by atoms with E-state index in [1.54, 1.807) is 0 Å². The van der Waals surface area contributed by atoms with Crippen LogP contribution in [0.2, 0.25) is 5.02 Å². The maximum atomic E-state index is 12.2. The number of rotatable bonds is 7. The lowest BCUT2D eigenvalue weighted by Gasteiger charge is -2.14. The third kappa shape index (κ3) is 4.07. The van der Waals surface area contributed by atoms with Gasteiger partial charge in [0.1, 0.15) is 10.7 Å². The number of hydrogen-bond donors (Lipinski definition) is 2. The van der Waals surface area contributed by atoms with Crippen LogP contribution in [0.3, 0.4) is 0 Å². The Morgan fingerprint density at radius 2 is 2.20 bits per heavy atom. The smallest absolute Gasteiger partial charge is 0.242 e. The summed E-state index contributed by atoms with van der Waals surface area (Å²) in [5.74, 6) is 1.17. The fourth-order valence-electron chi connectivity index (χ4n) is 2.10. The van der Waals surface area contributed by atoms with Crippen molar-refractivity contribution in [3.8, 4) is 0 Å². The SMILES string of the molecule is CCNc1ncc(S(=O)(=O)NC(C)CC2CC2)cc1Cl. The molecule has 1 aliphatic rings. The first-order valence-electron chi connectivity index (χ1n) is 6.84. The van der Waals surface area contributed by atoms with Gasteiger partial charge in [-0.05, 0) is 32.3 Å². The van der Waals surface area contributed by atoms with Crippen LogP contribution in [0, 0.1) is 5.92 Å². The summed E-state index contributed by atoms with van der Waals surface area (Å²) in [6.45, 7) is 4.48. The summed E-state index contributed by atoms with van der Waals surface area (Å²) in [4.78, 5) is 4.16. The molecule has 20 heavy (non-hydrogen) atoms. The van der Waals surface area contributed by atoms with E-state index in [2.05, 4.69) is 15.0 Å². The van der Waals surface area contributed by atoms with Gasteiger partial charge in [0.15, 0.2) is 0 Å². The summed E-state index contributed by atoms with van der Waals surface area (Å²) in [6.07, 6.45) is 4.62. The van der Waals surface area contributed by atoms with E-state index in [1.165, 1.54) is 25.1 Å². The van der Waals surface area contributed by atoms with Gasteiger partial charge in [-0.1, -0.05) is 24.4 Å². The number of halogens is 1. The van der Waals surface area contributed by atoms with E-state index < -0.39 is 10.0 Å². The molecule has 2 rings (SSSR count). The van der Waals surface area contributed by atoms with Gasteiger partial charge in [-0.2, -0.15) is 0 Å². The van der Waals surface area contributed by atoms with Gasteiger partial charge in [-0.3, -0.25) is 0 Å². The summed E-state index contributed by atoms with van der Waals surface area (Å²) in [5.41, 5.74) is 0. The van der Waals surface area contributed by atoms with Crippen molar-refractivity contribution in [1.82, 2.24) is 9.71 Å². The van der Waals surface area contributed by atoms with Crippen LogP contribution in [0.5, 0.6) is 0 Å². The highest BCUT2D eigenvalue weighted by Crippen LogP contribution is 2.33. The summed E-state index contributed by atoms with van der Waals surface area (Å²) >= 11 is 6.03. The van der Waals surface area contributed by atoms with E-state index in [1.807, 2.05) is 13.8 Å². The first-order valence-corrected chi connectivity index (χ1v) is 8.70. The molecule has 1 saturated carbocycles. The van der Waals surface area contributed by atoms with Crippen molar-refractivity contribution in [2.24, 2.45) is 5.92 Å². The second kappa shape index (κ2) is 6.28. The number of nitrogens with one attached hydrogen (secondary N) is 2. The highest BCUT2D eigenvalue weighted by atomic mass is 35.5. The number of nitrogens with zero attached hydrogens (tertiary/aromatic N) is 1. The topological polar surface area (TPSA) is 71.1 Å². The molecule has 0 amide bonds. The van der Waals surface area contributed by atoms with Gasteiger partial charge in [0.2, 0.25) is 10.0 Å². The van der Waals surface area contributed by atoms with Crippen LogP contribution in [0.4, 0.5) is 5.82 Å². The number of pyridine rings is 1. The predicted octanol–water partition coefficient (Wildman–Crippen LogP) is 2.63. The lowest BCUT2D eigenvalue weighted by Crippen LogP contribution is -2.33. The van der Waals surface area contributed by atoms with E-state index in [0.717, 1.165) is 6.42 Å². The Morgan fingerprint density at radius 1 is 1.50 bits per heavy atom. The van der Waals surface area contributed by atoms with Crippen LogP contribution in [-0.2, 0) is 10.0 Å². The fourth-order valence-corrected chi connectivity index (χ4v) is 3.62. The Kier molecular flexibility index (Phi) is 4.88. The maximum Gasteiger partial charge on any atom is 0.242 e. The zero-order valence-corrected chi connectivity index (χ0v) is 13.3. The minimum atomic E-state index is -3.56. The monoisotopic (exact) mass is 317 g/mol. The van der Waals surface area contributed by atoms with Crippen molar-refractivity contribution < 1.29 is 8.42 Å². The maximum absolute atomic E-state index is 12.2. The van der Waals surface area contributed by atoms with Gasteiger partial charge in [-0.15, -0.1) is 0 Å². The Bertz CT molecular complexity index is 573.